The zero-order valence-electron chi connectivity index (χ0n) is 10.6. The van der Waals surface area contributed by atoms with Gasteiger partial charge >= 0.3 is 0 Å². The number of nitrogens with zero attached hydrogens (tertiary/aromatic N) is 2. The molecule has 1 aromatic rings. The molecule has 0 aromatic carbocycles. The molecule has 5 nitrogen and oxygen atoms in total. The minimum atomic E-state index is -0.465. The third kappa shape index (κ3) is 3.84. The number of nitro groups is 1. The number of alkyl halides is 1. The van der Waals surface area contributed by atoms with Gasteiger partial charge in [-0.25, -0.2) is 0 Å². The van der Waals surface area contributed by atoms with Crippen LogP contribution in [0.15, 0.2) is 17.1 Å². The fourth-order valence-corrected chi connectivity index (χ4v) is 2.08. The van der Waals surface area contributed by atoms with Gasteiger partial charge in [-0.1, -0.05) is 6.92 Å². The van der Waals surface area contributed by atoms with Crippen LogP contribution in [0.5, 0.6) is 0 Å². The number of aromatic nitrogens is 1. The highest BCUT2D eigenvalue weighted by molar-refractivity contribution is 6.17. The second-order valence-corrected chi connectivity index (χ2v) is 4.88. The van der Waals surface area contributed by atoms with Crippen molar-refractivity contribution >= 4 is 17.3 Å². The van der Waals surface area contributed by atoms with Gasteiger partial charge in [-0.3, -0.25) is 14.9 Å². The highest BCUT2D eigenvalue weighted by Crippen LogP contribution is 2.15. The van der Waals surface area contributed by atoms with Crippen molar-refractivity contribution in [3.8, 4) is 0 Å². The lowest BCUT2D eigenvalue weighted by Gasteiger charge is -2.11. The molecule has 0 fully saturated rings. The SMILES string of the molecule is Cc1cc(=O)n(CCC(C)CCCl)cc1[N+](=O)[O-]. The largest absolute Gasteiger partial charge is 0.309 e. The first-order valence-electron chi connectivity index (χ1n) is 5.87. The van der Waals surface area contributed by atoms with Gasteiger partial charge in [0.15, 0.2) is 0 Å². The maximum absolute atomic E-state index is 11.7. The van der Waals surface area contributed by atoms with Gasteiger partial charge in [-0.15, -0.1) is 11.6 Å². The number of rotatable bonds is 6. The summed E-state index contributed by atoms with van der Waals surface area (Å²) in [6.45, 7) is 4.11. The Kier molecular flexibility index (Phi) is 5.34. The summed E-state index contributed by atoms with van der Waals surface area (Å²) >= 11 is 5.64. The van der Waals surface area contributed by atoms with Crippen molar-refractivity contribution in [2.45, 2.75) is 33.2 Å². The van der Waals surface area contributed by atoms with Crippen LogP contribution < -0.4 is 5.56 Å². The Hall–Kier alpha value is -1.36. The number of aryl methyl sites for hydroxylation is 2. The lowest BCUT2D eigenvalue weighted by atomic mass is 10.1. The first-order valence-corrected chi connectivity index (χ1v) is 6.40. The minimum absolute atomic E-state index is 0.0143. The Bertz CT molecular complexity index is 485. The van der Waals surface area contributed by atoms with Crippen LogP contribution in [0.4, 0.5) is 5.69 Å². The average molecular weight is 273 g/mol. The van der Waals surface area contributed by atoms with E-state index in [4.69, 9.17) is 11.6 Å². The van der Waals surface area contributed by atoms with Crippen LogP contribution in [0.1, 0.15) is 25.3 Å². The molecule has 1 atom stereocenters. The van der Waals surface area contributed by atoms with Gasteiger partial charge in [-0.05, 0) is 25.7 Å². The molecule has 0 N–H and O–H groups in total. The second kappa shape index (κ2) is 6.54. The molecule has 1 heterocycles. The summed E-state index contributed by atoms with van der Waals surface area (Å²) in [4.78, 5) is 22.0. The maximum Gasteiger partial charge on any atom is 0.288 e. The fourth-order valence-electron chi connectivity index (χ4n) is 1.71. The molecule has 0 bridgehead atoms. The van der Waals surface area contributed by atoms with Crippen molar-refractivity contribution in [1.29, 1.82) is 0 Å². The van der Waals surface area contributed by atoms with E-state index in [-0.39, 0.29) is 11.2 Å². The Morgan fingerprint density at radius 1 is 1.50 bits per heavy atom. The van der Waals surface area contributed by atoms with E-state index in [0.29, 0.717) is 23.9 Å². The molecule has 0 aliphatic heterocycles. The maximum atomic E-state index is 11.7. The molecule has 0 spiro atoms. The van der Waals surface area contributed by atoms with E-state index < -0.39 is 4.92 Å². The minimum Gasteiger partial charge on any atom is -0.309 e. The first-order chi connectivity index (χ1) is 8.45. The van der Waals surface area contributed by atoms with Crippen LogP contribution in [0.3, 0.4) is 0 Å². The van der Waals surface area contributed by atoms with E-state index >= 15 is 0 Å². The van der Waals surface area contributed by atoms with Gasteiger partial charge in [0.25, 0.3) is 11.2 Å². The molecule has 0 amide bonds. The summed E-state index contributed by atoms with van der Waals surface area (Å²) in [5, 5.41) is 10.8. The number of hydrogen-bond donors (Lipinski definition) is 0. The van der Waals surface area contributed by atoms with Crippen molar-refractivity contribution in [1.82, 2.24) is 4.57 Å². The second-order valence-electron chi connectivity index (χ2n) is 4.50. The number of halogens is 1. The third-order valence-electron chi connectivity index (χ3n) is 2.97. The summed E-state index contributed by atoms with van der Waals surface area (Å²) < 4.78 is 1.40. The topological polar surface area (TPSA) is 65.1 Å². The van der Waals surface area contributed by atoms with E-state index in [1.54, 1.807) is 6.92 Å². The molecule has 1 aromatic heterocycles. The van der Waals surface area contributed by atoms with Crippen molar-refractivity contribution in [3.63, 3.8) is 0 Å². The smallest absolute Gasteiger partial charge is 0.288 e. The highest BCUT2D eigenvalue weighted by Gasteiger charge is 2.13. The predicted molar refractivity (Wildman–Crippen MR) is 71.2 cm³/mol. The summed E-state index contributed by atoms with van der Waals surface area (Å²) in [5.74, 6) is 0.985. The lowest BCUT2D eigenvalue weighted by molar-refractivity contribution is -0.385. The van der Waals surface area contributed by atoms with Crippen LogP contribution in [0.25, 0.3) is 0 Å². The summed E-state index contributed by atoms with van der Waals surface area (Å²) in [6, 6.07) is 1.31. The van der Waals surface area contributed by atoms with Crippen LogP contribution in [0, 0.1) is 23.0 Å². The normalized spacial score (nSPS) is 12.4. The van der Waals surface area contributed by atoms with E-state index in [1.807, 2.05) is 0 Å². The molecule has 6 heteroatoms. The number of pyridine rings is 1. The standard InChI is InChI=1S/C12H17ClN2O3/c1-9(3-5-13)4-6-14-8-11(15(17)18)10(2)7-12(14)16/h7-9H,3-6H2,1-2H3. The zero-order valence-corrected chi connectivity index (χ0v) is 11.3. The molecule has 0 saturated carbocycles. The summed E-state index contributed by atoms with van der Waals surface area (Å²) in [7, 11) is 0. The Labute approximate surface area is 111 Å². The first kappa shape index (κ1) is 14.7. The van der Waals surface area contributed by atoms with Crippen molar-refractivity contribution in [2.75, 3.05) is 5.88 Å². The molecule has 0 radical (unpaired) electrons. The highest BCUT2D eigenvalue weighted by atomic mass is 35.5. The third-order valence-corrected chi connectivity index (χ3v) is 3.18. The van der Waals surface area contributed by atoms with Crippen LogP contribution in [-0.2, 0) is 6.54 Å². The molecule has 0 aliphatic rings. The van der Waals surface area contributed by atoms with Crippen molar-refractivity contribution in [2.24, 2.45) is 5.92 Å². The predicted octanol–water partition coefficient (Wildman–Crippen LogP) is 2.72. The van der Waals surface area contributed by atoms with Crippen LogP contribution in [-0.4, -0.2) is 15.4 Å². The van der Waals surface area contributed by atoms with Crippen molar-refractivity contribution < 1.29 is 4.92 Å². The molecule has 0 aliphatic carbocycles. The Balaban J connectivity index is 2.86. The molecular weight excluding hydrogens is 256 g/mol. The van der Waals surface area contributed by atoms with E-state index in [0.717, 1.165) is 12.8 Å². The quantitative estimate of drug-likeness (QED) is 0.454. The summed E-state index contributed by atoms with van der Waals surface area (Å²) in [5.41, 5.74) is 0.186. The number of hydrogen-bond acceptors (Lipinski definition) is 3. The zero-order chi connectivity index (χ0) is 13.7. The van der Waals surface area contributed by atoms with E-state index in [9.17, 15) is 14.9 Å². The van der Waals surface area contributed by atoms with Gasteiger partial charge in [-0.2, -0.15) is 0 Å². The molecule has 18 heavy (non-hydrogen) atoms. The Morgan fingerprint density at radius 3 is 2.72 bits per heavy atom. The average Bonchev–Trinajstić information content (AvgIpc) is 2.27. The van der Waals surface area contributed by atoms with Gasteiger partial charge in [0.05, 0.1) is 11.1 Å². The molecule has 100 valence electrons. The molecular formula is C12H17ClN2O3. The fraction of sp³-hybridized carbons (Fsp3) is 0.583. The van der Waals surface area contributed by atoms with Gasteiger partial charge in [0, 0.05) is 24.1 Å². The van der Waals surface area contributed by atoms with Crippen LogP contribution in [0.2, 0.25) is 0 Å². The van der Waals surface area contributed by atoms with Crippen LogP contribution >= 0.6 is 11.6 Å². The van der Waals surface area contributed by atoms with Crippen molar-refractivity contribution in [3.05, 3.63) is 38.3 Å². The monoisotopic (exact) mass is 272 g/mol. The molecule has 1 rings (SSSR count). The van der Waals surface area contributed by atoms with Gasteiger partial charge < -0.3 is 4.57 Å². The lowest BCUT2D eigenvalue weighted by Crippen LogP contribution is -2.21. The summed E-state index contributed by atoms with van der Waals surface area (Å²) in [6.07, 6.45) is 2.99. The van der Waals surface area contributed by atoms with E-state index in [1.165, 1.54) is 16.8 Å². The van der Waals surface area contributed by atoms with Gasteiger partial charge in [0.1, 0.15) is 0 Å². The Morgan fingerprint density at radius 2 is 2.17 bits per heavy atom. The van der Waals surface area contributed by atoms with Gasteiger partial charge in [0.2, 0.25) is 0 Å². The van der Waals surface area contributed by atoms with E-state index in [2.05, 4.69) is 6.92 Å². The molecule has 1 unspecified atom stereocenters. The molecule has 0 saturated heterocycles.